The lowest BCUT2D eigenvalue weighted by Gasteiger charge is -2.23. The molecule has 0 saturated carbocycles. The van der Waals surface area contributed by atoms with Crippen molar-refractivity contribution in [1.29, 1.82) is 0 Å². The molecule has 0 aliphatic heterocycles. The van der Waals surface area contributed by atoms with Gasteiger partial charge in [0, 0.05) is 17.8 Å². The number of rotatable bonds is 6. The van der Waals surface area contributed by atoms with Crippen LogP contribution < -0.4 is 10.9 Å². The number of hydrogen-bond acceptors (Lipinski definition) is 2. The molecule has 0 spiro atoms. The van der Waals surface area contributed by atoms with Crippen LogP contribution in [-0.4, -0.2) is 22.5 Å². The summed E-state index contributed by atoms with van der Waals surface area (Å²) in [6.45, 7) is 2.52. The predicted octanol–water partition coefficient (Wildman–Crippen LogP) is 5.25. The standard InChI is InChI=1S/C26H24FN3O2/c1-18-6-5-9-20-16-21(25(31)29-24(18)20)17-30(15-14-19-7-3-2-4-8-19)26(32)28-23-12-10-22(27)11-13-23/h2-13,16H,14-15,17H2,1H3,(H,28,32)(H,29,31). The molecule has 32 heavy (non-hydrogen) atoms. The number of nitrogens with zero attached hydrogens (tertiary/aromatic N) is 1. The summed E-state index contributed by atoms with van der Waals surface area (Å²) in [6, 6.07) is 22.8. The second-order valence-electron chi connectivity index (χ2n) is 7.76. The zero-order valence-corrected chi connectivity index (χ0v) is 17.8. The van der Waals surface area contributed by atoms with E-state index in [1.54, 1.807) is 4.90 Å². The Morgan fingerprint density at radius 2 is 1.75 bits per heavy atom. The Bertz CT molecular complexity index is 1280. The average molecular weight is 429 g/mol. The third-order valence-electron chi connectivity index (χ3n) is 5.42. The van der Waals surface area contributed by atoms with Crippen molar-refractivity contribution in [3.63, 3.8) is 0 Å². The van der Waals surface area contributed by atoms with Gasteiger partial charge in [-0.05, 0) is 60.2 Å². The minimum atomic E-state index is -0.373. The molecular formula is C26H24FN3O2. The van der Waals surface area contributed by atoms with E-state index in [1.807, 2.05) is 61.5 Å². The van der Waals surface area contributed by atoms with E-state index in [1.165, 1.54) is 24.3 Å². The normalized spacial score (nSPS) is 10.8. The van der Waals surface area contributed by atoms with Gasteiger partial charge in [-0.3, -0.25) is 4.79 Å². The van der Waals surface area contributed by atoms with Gasteiger partial charge in [0.05, 0.1) is 12.1 Å². The lowest BCUT2D eigenvalue weighted by Crippen LogP contribution is -2.37. The Morgan fingerprint density at radius 3 is 2.50 bits per heavy atom. The molecule has 1 aromatic heterocycles. The summed E-state index contributed by atoms with van der Waals surface area (Å²) in [7, 11) is 0. The first-order valence-corrected chi connectivity index (χ1v) is 10.5. The van der Waals surface area contributed by atoms with Gasteiger partial charge in [-0.2, -0.15) is 0 Å². The van der Waals surface area contributed by atoms with E-state index in [0.29, 0.717) is 24.2 Å². The van der Waals surface area contributed by atoms with Crippen LogP contribution in [0.3, 0.4) is 0 Å². The van der Waals surface area contributed by atoms with Crippen molar-refractivity contribution in [1.82, 2.24) is 9.88 Å². The summed E-state index contributed by atoms with van der Waals surface area (Å²) >= 11 is 0. The van der Waals surface area contributed by atoms with Crippen LogP contribution in [0.2, 0.25) is 0 Å². The molecule has 2 amide bonds. The second kappa shape index (κ2) is 9.47. The van der Waals surface area contributed by atoms with E-state index >= 15 is 0 Å². The van der Waals surface area contributed by atoms with Gasteiger partial charge in [-0.15, -0.1) is 0 Å². The van der Waals surface area contributed by atoms with E-state index in [-0.39, 0.29) is 24.0 Å². The molecule has 0 aliphatic rings. The van der Waals surface area contributed by atoms with Gasteiger partial charge in [0.25, 0.3) is 5.56 Å². The van der Waals surface area contributed by atoms with Crippen LogP contribution in [-0.2, 0) is 13.0 Å². The first-order chi connectivity index (χ1) is 15.5. The predicted molar refractivity (Wildman–Crippen MR) is 125 cm³/mol. The van der Waals surface area contributed by atoms with E-state index in [4.69, 9.17) is 0 Å². The van der Waals surface area contributed by atoms with Crippen molar-refractivity contribution >= 4 is 22.6 Å². The number of carbonyl (C=O) groups excluding carboxylic acids is 1. The van der Waals surface area contributed by atoms with Crippen LogP contribution in [0.1, 0.15) is 16.7 Å². The Hall–Kier alpha value is -3.93. The Kier molecular flexibility index (Phi) is 6.31. The molecule has 0 atom stereocenters. The van der Waals surface area contributed by atoms with Crippen LogP contribution in [0.4, 0.5) is 14.9 Å². The Morgan fingerprint density at radius 1 is 1.00 bits per heavy atom. The number of amides is 2. The summed E-state index contributed by atoms with van der Waals surface area (Å²) in [5.41, 5.74) is 3.66. The van der Waals surface area contributed by atoms with E-state index in [0.717, 1.165) is 22.0 Å². The molecule has 162 valence electrons. The largest absolute Gasteiger partial charge is 0.322 e. The molecule has 3 aromatic carbocycles. The van der Waals surface area contributed by atoms with Crippen LogP contribution in [0, 0.1) is 12.7 Å². The summed E-state index contributed by atoms with van der Waals surface area (Å²) in [4.78, 5) is 30.4. The highest BCUT2D eigenvalue weighted by atomic mass is 19.1. The van der Waals surface area contributed by atoms with E-state index in [2.05, 4.69) is 10.3 Å². The number of para-hydroxylation sites is 1. The zero-order valence-electron chi connectivity index (χ0n) is 17.8. The maximum atomic E-state index is 13.2. The minimum Gasteiger partial charge on any atom is -0.321 e. The Labute approximate surface area is 185 Å². The van der Waals surface area contributed by atoms with Gasteiger partial charge in [-0.25, -0.2) is 9.18 Å². The number of nitrogens with one attached hydrogen (secondary N) is 2. The van der Waals surface area contributed by atoms with Crippen molar-refractivity contribution in [2.75, 3.05) is 11.9 Å². The maximum absolute atomic E-state index is 13.2. The van der Waals surface area contributed by atoms with Gasteiger partial charge in [0.2, 0.25) is 0 Å². The summed E-state index contributed by atoms with van der Waals surface area (Å²) < 4.78 is 13.2. The summed E-state index contributed by atoms with van der Waals surface area (Å²) in [5, 5.41) is 3.72. The molecule has 4 aromatic rings. The summed E-state index contributed by atoms with van der Waals surface area (Å²) in [5.74, 6) is -0.373. The fraction of sp³-hybridized carbons (Fsp3) is 0.154. The van der Waals surface area contributed by atoms with Crippen LogP contribution in [0.5, 0.6) is 0 Å². The molecule has 1 heterocycles. The highest BCUT2D eigenvalue weighted by Gasteiger charge is 2.17. The van der Waals surface area contributed by atoms with Crippen molar-refractivity contribution in [2.24, 2.45) is 0 Å². The quantitative estimate of drug-likeness (QED) is 0.440. The molecule has 0 unspecified atom stereocenters. The van der Waals surface area contributed by atoms with Gasteiger partial charge in [0.1, 0.15) is 5.82 Å². The number of aromatic amines is 1. The minimum absolute atomic E-state index is 0.152. The number of fused-ring (bicyclic) bond motifs is 1. The topological polar surface area (TPSA) is 65.2 Å². The first-order valence-electron chi connectivity index (χ1n) is 10.5. The molecule has 5 nitrogen and oxygen atoms in total. The number of halogens is 1. The molecule has 2 N–H and O–H groups in total. The van der Waals surface area contributed by atoms with Gasteiger partial charge in [-0.1, -0.05) is 48.5 Å². The highest BCUT2D eigenvalue weighted by Crippen LogP contribution is 2.17. The lowest BCUT2D eigenvalue weighted by molar-refractivity contribution is 0.209. The van der Waals surface area contributed by atoms with Gasteiger partial charge >= 0.3 is 6.03 Å². The van der Waals surface area contributed by atoms with Crippen LogP contribution >= 0.6 is 0 Å². The number of anilines is 1. The number of H-pyrrole nitrogens is 1. The van der Waals surface area contributed by atoms with Gasteiger partial charge < -0.3 is 15.2 Å². The van der Waals surface area contributed by atoms with E-state index < -0.39 is 0 Å². The highest BCUT2D eigenvalue weighted by molar-refractivity contribution is 5.89. The molecule has 0 radical (unpaired) electrons. The second-order valence-corrected chi connectivity index (χ2v) is 7.76. The molecule has 0 bridgehead atoms. The molecular weight excluding hydrogens is 405 g/mol. The third kappa shape index (κ3) is 5.03. The number of aryl methyl sites for hydroxylation is 1. The number of urea groups is 1. The summed E-state index contributed by atoms with van der Waals surface area (Å²) in [6.07, 6.45) is 0.641. The number of hydrogen-bond donors (Lipinski definition) is 2. The number of benzene rings is 3. The molecule has 0 saturated heterocycles. The monoisotopic (exact) mass is 429 g/mol. The molecule has 6 heteroatoms. The lowest BCUT2D eigenvalue weighted by atomic mass is 10.1. The van der Waals surface area contributed by atoms with Crippen LogP contribution in [0.25, 0.3) is 10.9 Å². The SMILES string of the molecule is Cc1cccc2cc(CN(CCc3ccccc3)C(=O)Nc3ccc(F)cc3)c(=O)[nH]c12. The fourth-order valence-electron chi connectivity index (χ4n) is 3.65. The maximum Gasteiger partial charge on any atom is 0.322 e. The smallest absolute Gasteiger partial charge is 0.321 e. The van der Waals surface area contributed by atoms with Crippen LogP contribution in [0.15, 0.2) is 83.7 Å². The zero-order chi connectivity index (χ0) is 22.5. The molecule has 4 rings (SSSR count). The fourth-order valence-corrected chi connectivity index (χ4v) is 3.65. The molecule has 0 fully saturated rings. The van der Waals surface area contributed by atoms with Crippen molar-refractivity contribution < 1.29 is 9.18 Å². The van der Waals surface area contributed by atoms with E-state index in [9.17, 15) is 14.0 Å². The van der Waals surface area contributed by atoms with Crippen molar-refractivity contribution in [3.05, 3.63) is 112 Å². The number of carbonyl (C=O) groups is 1. The van der Waals surface area contributed by atoms with Crippen molar-refractivity contribution in [3.8, 4) is 0 Å². The molecule has 0 aliphatic carbocycles. The van der Waals surface area contributed by atoms with Crippen molar-refractivity contribution in [2.45, 2.75) is 19.9 Å². The average Bonchev–Trinajstić information content (AvgIpc) is 2.80. The number of pyridine rings is 1. The number of aromatic nitrogens is 1. The first kappa shape index (κ1) is 21.3. The Balaban J connectivity index is 1.60. The third-order valence-corrected chi connectivity index (χ3v) is 5.42. The van der Waals surface area contributed by atoms with Gasteiger partial charge in [0.15, 0.2) is 0 Å².